The molecule has 0 heterocycles. The molecule has 1 fully saturated rings. The Kier molecular flexibility index (Phi) is 6.84. The third kappa shape index (κ3) is 6.18. The molecule has 1 aromatic carbocycles. The molecule has 0 spiro atoms. The lowest BCUT2D eigenvalue weighted by atomic mass is 9.85. The number of aliphatic hydroxyl groups is 1. The van der Waals surface area contributed by atoms with Crippen molar-refractivity contribution in [1.82, 2.24) is 10.6 Å². The van der Waals surface area contributed by atoms with Crippen LogP contribution in [0.4, 0.5) is 4.39 Å². The van der Waals surface area contributed by atoms with Crippen molar-refractivity contribution in [2.75, 3.05) is 19.6 Å². The van der Waals surface area contributed by atoms with Crippen LogP contribution in [0.1, 0.15) is 44.6 Å². The monoisotopic (exact) mass is 321 g/mol. The van der Waals surface area contributed by atoms with Crippen molar-refractivity contribution in [2.24, 2.45) is 4.99 Å². The normalized spacial score (nSPS) is 17.8. The summed E-state index contributed by atoms with van der Waals surface area (Å²) >= 11 is 0. The molecule has 1 saturated carbocycles. The van der Waals surface area contributed by atoms with Crippen molar-refractivity contribution < 1.29 is 9.50 Å². The van der Waals surface area contributed by atoms with Gasteiger partial charge in [-0.3, -0.25) is 4.99 Å². The summed E-state index contributed by atoms with van der Waals surface area (Å²) in [6, 6.07) is 6.64. The maximum Gasteiger partial charge on any atom is 0.191 e. The molecule has 0 unspecified atom stereocenters. The second kappa shape index (κ2) is 8.87. The minimum absolute atomic E-state index is 0.206. The number of hydrogen-bond donors (Lipinski definition) is 3. The van der Waals surface area contributed by atoms with Crippen LogP contribution in [0.2, 0.25) is 0 Å². The predicted octanol–water partition coefficient (Wildman–Crippen LogP) is 2.62. The number of nitrogens with zero attached hydrogens (tertiary/aromatic N) is 1. The van der Waals surface area contributed by atoms with Gasteiger partial charge in [0.1, 0.15) is 5.82 Å². The van der Waals surface area contributed by atoms with Gasteiger partial charge in [0, 0.05) is 13.1 Å². The summed E-state index contributed by atoms with van der Waals surface area (Å²) in [6.07, 6.45) is 5.76. The number of nitrogens with one attached hydrogen (secondary N) is 2. The summed E-state index contributed by atoms with van der Waals surface area (Å²) in [6.45, 7) is 3.89. The van der Waals surface area contributed by atoms with Crippen LogP contribution < -0.4 is 10.6 Å². The molecule has 1 aliphatic carbocycles. The summed E-state index contributed by atoms with van der Waals surface area (Å²) in [5, 5.41) is 17.0. The van der Waals surface area contributed by atoms with Gasteiger partial charge in [-0.1, -0.05) is 31.4 Å². The highest BCUT2D eigenvalue weighted by molar-refractivity contribution is 5.79. The van der Waals surface area contributed by atoms with E-state index in [2.05, 4.69) is 15.6 Å². The first-order valence-corrected chi connectivity index (χ1v) is 8.60. The van der Waals surface area contributed by atoms with Crippen LogP contribution in [0.25, 0.3) is 0 Å². The van der Waals surface area contributed by atoms with Crippen LogP contribution in [0.5, 0.6) is 0 Å². The minimum Gasteiger partial charge on any atom is -0.388 e. The third-order valence-electron chi connectivity index (χ3n) is 4.26. The average molecular weight is 321 g/mol. The fourth-order valence-corrected chi connectivity index (χ4v) is 2.95. The van der Waals surface area contributed by atoms with Crippen molar-refractivity contribution in [3.8, 4) is 0 Å². The highest BCUT2D eigenvalue weighted by Gasteiger charge is 2.28. The molecule has 0 bridgehead atoms. The number of benzene rings is 1. The molecule has 2 rings (SSSR count). The number of guanidine groups is 1. The predicted molar refractivity (Wildman–Crippen MR) is 92.1 cm³/mol. The van der Waals surface area contributed by atoms with Gasteiger partial charge in [-0.05, 0) is 43.9 Å². The Morgan fingerprint density at radius 1 is 1.26 bits per heavy atom. The Morgan fingerprint density at radius 2 is 2.04 bits per heavy atom. The Hall–Kier alpha value is -1.62. The second-order valence-corrected chi connectivity index (χ2v) is 6.29. The van der Waals surface area contributed by atoms with Crippen molar-refractivity contribution in [3.63, 3.8) is 0 Å². The molecular formula is C18H28FN3O. The van der Waals surface area contributed by atoms with Gasteiger partial charge in [0.05, 0.1) is 12.1 Å². The van der Waals surface area contributed by atoms with Gasteiger partial charge in [-0.15, -0.1) is 0 Å². The highest BCUT2D eigenvalue weighted by atomic mass is 19.1. The maximum absolute atomic E-state index is 13.2. The molecule has 128 valence electrons. The van der Waals surface area contributed by atoms with Gasteiger partial charge in [0.25, 0.3) is 0 Å². The Balaban J connectivity index is 1.83. The first-order chi connectivity index (χ1) is 11.1. The Morgan fingerprint density at radius 3 is 2.74 bits per heavy atom. The number of halogens is 1. The van der Waals surface area contributed by atoms with E-state index in [0.29, 0.717) is 19.0 Å². The van der Waals surface area contributed by atoms with Crippen LogP contribution in [0.15, 0.2) is 29.3 Å². The molecule has 0 saturated heterocycles. The van der Waals surface area contributed by atoms with Crippen molar-refractivity contribution >= 4 is 5.96 Å². The van der Waals surface area contributed by atoms with Crippen LogP contribution in [0, 0.1) is 5.82 Å². The van der Waals surface area contributed by atoms with E-state index < -0.39 is 5.60 Å². The van der Waals surface area contributed by atoms with E-state index in [1.165, 1.54) is 12.5 Å². The second-order valence-electron chi connectivity index (χ2n) is 6.29. The molecule has 4 nitrogen and oxygen atoms in total. The summed E-state index contributed by atoms with van der Waals surface area (Å²) in [7, 11) is 0. The first kappa shape index (κ1) is 17.7. The van der Waals surface area contributed by atoms with E-state index in [0.717, 1.165) is 44.2 Å². The van der Waals surface area contributed by atoms with E-state index in [9.17, 15) is 9.50 Å². The van der Waals surface area contributed by atoms with Gasteiger partial charge in [0.2, 0.25) is 0 Å². The standard InChI is InChI=1S/C18H28FN3O/c1-2-20-17(22-14-18(23)10-4-3-5-11-18)21-12-9-15-7-6-8-16(19)13-15/h6-8,13,23H,2-5,9-12,14H2,1H3,(H2,20,21,22). The lowest BCUT2D eigenvalue weighted by Crippen LogP contribution is -2.41. The molecular weight excluding hydrogens is 293 g/mol. The Labute approximate surface area is 138 Å². The van der Waals surface area contributed by atoms with Gasteiger partial charge < -0.3 is 15.7 Å². The first-order valence-electron chi connectivity index (χ1n) is 8.60. The zero-order valence-corrected chi connectivity index (χ0v) is 13.9. The van der Waals surface area contributed by atoms with Crippen LogP contribution in [-0.2, 0) is 6.42 Å². The zero-order valence-electron chi connectivity index (χ0n) is 13.9. The van der Waals surface area contributed by atoms with Crippen LogP contribution in [0.3, 0.4) is 0 Å². The van der Waals surface area contributed by atoms with E-state index in [4.69, 9.17) is 0 Å². The molecule has 0 aromatic heterocycles. The van der Waals surface area contributed by atoms with Crippen LogP contribution in [-0.4, -0.2) is 36.3 Å². The molecule has 0 atom stereocenters. The Bertz CT molecular complexity index is 513. The SMILES string of the molecule is CCNC(=NCC1(O)CCCCC1)NCCc1cccc(F)c1. The van der Waals surface area contributed by atoms with E-state index >= 15 is 0 Å². The molecule has 5 heteroatoms. The summed E-state index contributed by atoms with van der Waals surface area (Å²) < 4.78 is 13.2. The molecule has 0 amide bonds. The molecule has 3 N–H and O–H groups in total. The molecule has 1 aromatic rings. The van der Waals surface area contributed by atoms with Crippen molar-refractivity contribution in [3.05, 3.63) is 35.6 Å². The van der Waals surface area contributed by atoms with E-state index in [1.807, 2.05) is 13.0 Å². The van der Waals surface area contributed by atoms with Gasteiger partial charge in [0.15, 0.2) is 5.96 Å². The molecule has 1 aliphatic rings. The fraction of sp³-hybridized carbons (Fsp3) is 0.611. The fourth-order valence-electron chi connectivity index (χ4n) is 2.95. The highest BCUT2D eigenvalue weighted by Crippen LogP contribution is 2.28. The average Bonchev–Trinajstić information content (AvgIpc) is 2.53. The summed E-state index contributed by atoms with van der Waals surface area (Å²) in [5.74, 6) is 0.505. The van der Waals surface area contributed by atoms with E-state index in [1.54, 1.807) is 12.1 Å². The quantitative estimate of drug-likeness (QED) is 0.558. The maximum atomic E-state index is 13.2. The summed E-state index contributed by atoms with van der Waals surface area (Å²) in [4.78, 5) is 4.53. The topological polar surface area (TPSA) is 56.7 Å². The molecule has 0 aliphatic heterocycles. The number of aliphatic imine (C=N–C) groups is 1. The van der Waals surface area contributed by atoms with E-state index in [-0.39, 0.29) is 5.82 Å². The third-order valence-corrected chi connectivity index (χ3v) is 4.26. The zero-order chi connectivity index (χ0) is 16.5. The van der Waals surface area contributed by atoms with Crippen LogP contribution >= 0.6 is 0 Å². The largest absolute Gasteiger partial charge is 0.388 e. The minimum atomic E-state index is -0.650. The number of rotatable bonds is 6. The van der Waals surface area contributed by atoms with Gasteiger partial charge in [-0.25, -0.2) is 4.39 Å². The number of hydrogen-bond acceptors (Lipinski definition) is 2. The lowest BCUT2D eigenvalue weighted by Gasteiger charge is -2.30. The van der Waals surface area contributed by atoms with Gasteiger partial charge in [-0.2, -0.15) is 0 Å². The lowest BCUT2D eigenvalue weighted by molar-refractivity contribution is 0.0131. The van der Waals surface area contributed by atoms with Crippen molar-refractivity contribution in [1.29, 1.82) is 0 Å². The van der Waals surface area contributed by atoms with Gasteiger partial charge >= 0.3 is 0 Å². The molecule has 23 heavy (non-hydrogen) atoms. The molecule has 0 radical (unpaired) electrons. The van der Waals surface area contributed by atoms with Crippen molar-refractivity contribution in [2.45, 2.75) is 51.0 Å². The smallest absolute Gasteiger partial charge is 0.191 e. The summed E-state index contributed by atoms with van der Waals surface area (Å²) in [5.41, 5.74) is 0.308.